The summed E-state index contributed by atoms with van der Waals surface area (Å²) in [6.45, 7) is 0. The molecule has 0 saturated carbocycles. The summed E-state index contributed by atoms with van der Waals surface area (Å²) in [5.41, 5.74) is 4.89. The molecule has 8 aromatic carbocycles. The Morgan fingerprint density at radius 2 is 1.27 bits per heavy atom. The lowest BCUT2D eigenvalue weighted by Crippen LogP contribution is -1.88. The molecule has 11 rings (SSSR count). The summed E-state index contributed by atoms with van der Waals surface area (Å²) in [4.78, 5) is 9.27. The van der Waals surface area contributed by atoms with Gasteiger partial charge in [0.15, 0.2) is 5.58 Å². The number of benzene rings is 8. The van der Waals surface area contributed by atoms with Crippen LogP contribution in [0.1, 0.15) is 16.4 Å². The molecule has 0 saturated heterocycles. The van der Waals surface area contributed by atoms with Crippen LogP contribution < -0.4 is 0 Å². The molecule has 0 atom stereocenters. The maximum absolute atomic E-state index is 9.35. The minimum atomic E-state index is -0.664. The number of aromatic nitrogens is 2. The molecular weight excluding hydrogens is 653 g/mol. The Labute approximate surface area is 319 Å². The van der Waals surface area contributed by atoms with Crippen LogP contribution in [0.25, 0.3) is 108 Å². The minimum absolute atomic E-state index is 0.166. The zero-order chi connectivity index (χ0) is 44.6. The van der Waals surface area contributed by atoms with Crippen LogP contribution in [0.15, 0.2) is 174 Å². The highest BCUT2D eigenvalue weighted by Crippen LogP contribution is 2.42. The first-order valence-corrected chi connectivity index (χ1v) is 17.3. The number of thiophene rings is 1. The summed E-state index contributed by atoms with van der Waals surface area (Å²) in [6, 6.07) is 22.9. The van der Waals surface area contributed by atoms with Crippen molar-refractivity contribution in [2.75, 3.05) is 0 Å². The van der Waals surface area contributed by atoms with E-state index in [1.165, 1.54) is 32.6 Å². The summed E-state index contributed by atoms with van der Waals surface area (Å²) in [7, 11) is 0. The van der Waals surface area contributed by atoms with Gasteiger partial charge in [0.1, 0.15) is 23.1 Å². The molecular formula is C48H28N2OS. The fourth-order valence-corrected chi connectivity index (χ4v) is 8.11. The van der Waals surface area contributed by atoms with Crippen LogP contribution in [0.4, 0.5) is 0 Å². The van der Waals surface area contributed by atoms with Gasteiger partial charge in [0.05, 0.1) is 16.4 Å². The normalized spacial score (nSPS) is 15.1. The van der Waals surface area contributed by atoms with E-state index in [4.69, 9.17) is 18.1 Å². The topological polar surface area (TPSA) is 38.9 Å². The van der Waals surface area contributed by atoms with Crippen molar-refractivity contribution in [3.63, 3.8) is 0 Å². The number of hydrogen-bond acceptors (Lipinski definition) is 4. The number of fused-ring (bicyclic) bond motifs is 8. The SMILES string of the molecule is [2H]c1c(-c2c([2H])c([2H])c3c([2H])c([2H])c([2H])c([2H])c3c2[2H])c([2H])c2c([2H])cc(-c3ccc4oc5c(-c6cccc(-c7cccc8c7sc7ccccc78)c6)ncnc5c4c3)c([2H])c2c1[2H]. The number of furan rings is 1. The maximum Gasteiger partial charge on any atom is 0.180 e. The van der Waals surface area contributed by atoms with Crippen molar-refractivity contribution in [3.05, 3.63) is 170 Å². The Balaban J connectivity index is 1.04. The van der Waals surface area contributed by atoms with Gasteiger partial charge in [-0.3, -0.25) is 0 Å². The summed E-state index contributed by atoms with van der Waals surface area (Å²) in [5.74, 6) is 0. The Bertz CT molecular complexity index is 3900. The molecule has 0 N–H and O–H groups in total. The molecule has 0 amide bonds. The van der Waals surface area contributed by atoms with Gasteiger partial charge in [-0.25, -0.2) is 9.97 Å². The highest BCUT2D eigenvalue weighted by molar-refractivity contribution is 7.26. The third-order valence-corrected chi connectivity index (χ3v) is 10.6. The second-order valence-electron chi connectivity index (χ2n) is 12.4. The van der Waals surface area contributed by atoms with Gasteiger partial charge in [-0.05, 0) is 97.3 Å². The number of nitrogens with zero attached hydrogens (tertiary/aromatic N) is 2. The van der Waals surface area contributed by atoms with Crippen molar-refractivity contribution in [1.29, 1.82) is 0 Å². The smallest absolute Gasteiger partial charge is 0.180 e. The fraction of sp³-hybridized carbons (Fsp3) is 0. The van der Waals surface area contributed by atoms with E-state index in [0.29, 0.717) is 33.3 Å². The molecule has 0 bridgehead atoms. The first kappa shape index (κ1) is 19.7. The van der Waals surface area contributed by atoms with E-state index < -0.39 is 71.6 Å². The lowest BCUT2D eigenvalue weighted by molar-refractivity contribution is 0.667. The second kappa shape index (κ2) is 11.5. The maximum atomic E-state index is 9.35. The zero-order valence-corrected chi connectivity index (χ0v) is 27.8. The van der Waals surface area contributed by atoms with E-state index >= 15 is 0 Å². The average molecular weight is 693 g/mol. The Hall–Kier alpha value is -6.62. The Morgan fingerprint density at radius 3 is 2.19 bits per heavy atom. The first-order valence-electron chi connectivity index (χ1n) is 22.5. The number of rotatable bonds is 4. The summed E-state index contributed by atoms with van der Waals surface area (Å²) < 4.78 is 114. The molecule has 11 aromatic rings. The van der Waals surface area contributed by atoms with Crippen LogP contribution in [-0.2, 0) is 0 Å². The van der Waals surface area contributed by atoms with Crippen molar-refractivity contribution in [1.82, 2.24) is 9.97 Å². The molecule has 4 heteroatoms. The standard InChI is InChI=1S/C48H28N2OS/c1-2-8-30-23-31(16-15-29(30)7-1)32-17-18-34-25-35(20-19-33(34)24-32)36-21-22-43-42(27-36)46-47(51-43)45(49-28-50-46)38-10-5-9-37(26-38)39-12-6-13-41-40-11-3-4-14-44(40)52-48(39)41/h1-28H/i1D,2D,7D,8D,15D,16D,17D,18D,19D,23D,24D,25D. The molecule has 0 spiro atoms. The van der Waals surface area contributed by atoms with Gasteiger partial charge in [-0.2, -0.15) is 0 Å². The number of hydrogen-bond donors (Lipinski definition) is 0. The molecule has 3 nitrogen and oxygen atoms in total. The molecule has 242 valence electrons. The van der Waals surface area contributed by atoms with Gasteiger partial charge in [0.2, 0.25) is 0 Å². The van der Waals surface area contributed by atoms with Crippen molar-refractivity contribution in [2.45, 2.75) is 0 Å². The van der Waals surface area contributed by atoms with Gasteiger partial charge in [0.25, 0.3) is 0 Å². The molecule has 0 aliphatic rings. The van der Waals surface area contributed by atoms with Gasteiger partial charge in [0, 0.05) is 31.1 Å². The van der Waals surface area contributed by atoms with Crippen molar-refractivity contribution in [2.24, 2.45) is 0 Å². The molecule has 0 radical (unpaired) electrons. The van der Waals surface area contributed by atoms with Crippen LogP contribution >= 0.6 is 11.3 Å². The van der Waals surface area contributed by atoms with E-state index in [1.54, 1.807) is 29.5 Å². The lowest BCUT2D eigenvalue weighted by atomic mass is 9.96. The third kappa shape index (κ3) is 4.65. The summed E-state index contributed by atoms with van der Waals surface area (Å²) in [6.07, 6.45) is 1.47. The van der Waals surface area contributed by atoms with Gasteiger partial charge < -0.3 is 4.42 Å². The van der Waals surface area contributed by atoms with Crippen LogP contribution in [0, 0.1) is 0 Å². The highest BCUT2D eigenvalue weighted by Gasteiger charge is 2.17. The van der Waals surface area contributed by atoms with E-state index in [9.17, 15) is 2.74 Å². The molecule has 0 aliphatic carbocycles. The predicted molar refractivity (Wildman–Crippen MR) is 219 cm³/mol. The van der Waals surface area contributed by atoms with Crippen molar-refractivity contribution >= 4 is 75.1 Å². The summed E-state index contributed by atoms with van der Waals surface area (Å²) >= 11 is 1.76. The quantitative estimate of drug-likeness (QED) is 0.184. The molecule has 3 heterocycles. The van der Waals surface area contributed by atoms with Crippen molar-refractivity contribution < 1.29 is 20.9 Å². The van der Waals surface area contributed by atoms with Gasteiger partial charge in [-0.15, -0.1) is 11.3 Å². The third-order valence-electron chi connectivity index (χ3n) is 9.35. The molecule has 0 unspecified atom stereocenters. The van der Waals surface area contributed by atoms with Gasteiger partial charge in [-0.1, -0.05) is 121 Å². The zero-order valence-electron chi connectivity index (χ0n) is 38.9. The highest BCUT2D eigenvalue weighted by atomic mass is 32.1. The lowest BCUT2D eigenvalue weighted by Gasteiger charge is -2.08. The molecule has 0 aliphatic heterocycles. The molecule has 52 heavy (non-hydrogen) atoms. The van der Waals surface area contributed by atoms with Crippen LogP contribution in [0.3, 0.4) is 0 Å². The van der Waals surface area contributed by atoms with Crippen LogP contribution in [0.5, 0.6) is 0 Å². The Kier molecular flexibility index (Phi) is 4.34. The van der Waals surface area contributed by atoms with E-state index in [2.05, 4.69) is 58.5 Å². The molecule has 0 fully saturated rings. The van der Waals surface area contributed by atoms with E-state index in [1.807, 2.05) is 18.2 Å². The van der Waals surface area contributed by atoms with E-state index in [0.717, 1.165) is 16.7 Å². The monoisotopic (exact) mass is 692 g/mol. The van der Waals surface area contributed by atoms with E-state index in [-0.39, 0.29) is 39.2 Å². The average Bonchev–Trinajstić information content (AvgIpc) is 3.88. The summed E-state index contributed by atoms with van der Waals surface area (Å²) in [5, 5.41) is 1.98. The van der Waals surface area contributed by atoms with Crippen LogP contribution in [0.2, 0.25) is 0 Å². The Morgan fingerprint density at radius 1 is 0.519 bits per heavy atom. The van der Waals surface area contributed by atoms with Gasteiger partial charge >= 0.3 is 0 Å². The predicted octanol–water partition coefficient (Wildman–Crippen LogP) is 13.7. The van der Waals surface area contributed by atoms with Crippen LogP contribution in [-0.4, -0.2) is 9.97 Å². The largest absolute Gasteiger partial charge is 0.452 e. The molecule has 3 aromatic heterocycles. The first-order chi connectivity index (χ1) is 30.8. The fourth-order valence-electron chi connectivity index (χ4n) is 6.87. The minimum Gasteiger partial charge on any atom is -0.452 e. The van der Waals surface area contributed by atoms with Crippen molar-refractivity contribution in [3.8, 4) is 44.6 Å². The second-order valence-corrected chi connectivity index (χ2v) is 13.5.